The van der Waals surface area contributed by atoms with E-state index in [4.69, 9.17) is 4.52 Å². The average molecular weight is 314 g/mol. The van der Waals surface area contributed by atoms with Crippen molar-refractivity contribution < 1.29 is 17.7 Å². The maximum Gasteiger partial charge on any atom is 0.240 e. The summed E-state index contributed by atoms with van der Waals surface area (Å²) < 4.78 is 29.6. The van der Waals surface area contributed by atoms with Gasteiger partial charge in [-0.2, -0.15) is 0 Å². The van der Waals surface area contributed by atoms with Crippen molar-refractivity contribution >= 4 is 15.7 Å². The maximum atomic E-state index is 12.4. The van der Waals surface area contributed by atoms with Crippen molar-refractivity contribution in [2.75, 3.05) is 13.1 Å². The van der Waals surface area contributed by atoms with Crippen molar-refractivity contribution in [3.8, 4) is 0 Å². The molecule has 1 aromatic rings. The van der Waals surface area contributed by atoms with E-state index in [1.54, 1.807) is 17.9 Å². The first-order chi connectivity index (χ1) is 9.90. The fourth-order valence-electron chi connectivity index (χ4n) is 2.52. The fraction of sp³-hybridized carbons (Fsp3) is 0.714. The van der Waals surface area contributed by atoms with Crippen molar-refractivity contribution in [2.24, 2.45) is 0 Å². The molecule has 118 valence electrons. The molecule has 1 unspecified atom stereocenters. The Kier molecular flexibility index (Phi) is 5.03. The number of nitrogens with zero attached hydrogens (tertiary/aromatic N) is 2. The predicted molar refractivity (Wildman–Crippen MR) is 78.4 cm³/mol. The standard InChI is InChI=1S/C14H22N2O4S/c1-11-9-13(15-20-11)10-21(18,19)12(2)14(17)16-7-5-3-4-6-8-16/h9,12H,3-8,10H2,1-2H3. The molecule has 0 aliphatic carbocycles. The molecule has 0 bridgehead atoms. The highest BCUT2D eigenvalue weighted by Gasteiger charge is 2.32. The number of aromatic nitrogens is 1. The zero-order valence-corrected chi connectivity index (χ0v) is 13.4. The van der Waals surface area contributed by atoms with Gasteiger partial charge in [0.1, 0.15) is 11.0 Å². The molecule has 1 aromatic heterocycles. The molecule has 0 spiro atoms. The van der Waals surface area contributed by atoms with E-state index in [0.717, 1.165) is 25.7 Å². The summed E-state index contributed by atoms with van der Waals surface area (Å²) in [5, 5.41) is 2.66. The first kappa shape index (κ1) is 16.0. The second kappa shape index (κ2) is 6.60. The number of hydrogen-bond acceptors (Lipinski definition) is 5. The summed E-state index contributed by atoms with van der Waals surface area (Å²) in [7, 11) is -3.57. The van der Waals surface area contributed by atoms with Gasteiger partial charge in [0.05, 0.1) is 11.4 Å². The van der Waals surface area contributed by atoms with E-state index in [1.807, 2.05) is 0 Å². The second-order valence-corrected chi connectivity index (χ2v) is 7.94. The van der Waals surface area contributed by atoms with Gasteiger partial charge in [-0.3, -0.25) is 4.79 Å². The summed E-state index contributed by atoms with van der Waals surface area (Å²) in [6.45, 7) is 4.48. The maximum absolute atomic E-state index is 12.4. The first-order valence-corrected chi connectivity index (χ1v) is 9.04. The molecule has 1 fully saturated rings. The van der Waals surface area contributed by atoms with Crippen LogP contribution in [0.2, 0.25) is 0 Å². The van der Waals surface area contributed by atoms with Crippen LogP contribution in [-0.2, 0) is 20.4 Å². The van der Waals surface area contributed by atoms with Crippen LogP contribution in [-0.4, -0.2) is 42.7 Å². The van der Waals surface area contributed by atoms with Crippen LogP contribution in [0.4, 0.5) is 0 Å². The van der Waals surface area contributed by atoms with Gasteiger partial charge in [-0.1, -0.05) is 18.0 Å². The third kappa shape index (κ3) is 4.06. The van der Waals surface area contributed by atoms with Crippen LogP contribution in [0.5, 0.6) is 0 Å². The van der Waals surface area contributed by atoms with E-state index in [9.17, 15) is 13.2 Å². The zero-order chi connectivity index (χ0) is 15.5. The van der Waals surface area contributed by atoms with Gasteiger partial charge in [0.15, 0.2) is 9.84 Å². The Balaban J connectivity index is 2.05. The monoisotopic (exact) mass is 314 g/mol. The summed E-state index contributed by atoms with van der Waals surface area (Å²) >= 11 is 0. The lowest BCUT2D eigenvalue weighted by Crippen LogP contribution is -2.42. The number of amides is 1. The van der Waals surface area contributed by atoms with Crippen molar-refractivity contribution in [1.82, 2.24) is 10.1 Å². The first-order valence-electron chi connectivity index (χ1n) is 7.33. The Morgan fingerprint density at radius 2 is 1.95 bits per heavy atom. The van der Waals surface area contributed by atoms with Crippen LogP contribution < -0.4 is 0 Å². The highest BCUT2D eigenvalue weighted by molar-refractivity contribution is 7.92. The van der Waals surface area contributed by atoms with Crippen molar-refractivity contribution in [3.05, 3.63) is 17.5 Å². The molecule has 6 nitrogen and oxygen atoms in total. The quantitative estimate of drug-likeness (QED) is 0.845. The molecule has 1 aliphatic rings. The number of rotatable bonds is 4. The van der Waals surface area contributed by atoms with Crippen LogP contribution in [0.3, 0.4) is 0 Å². The van der Waals surface area contributed by atoms with E-state index >= 15 is 0 Å². The van der Waals surface area contributed by atoms with Crippen molar-refractivity contribution in [2.45, 2.75) is 50.5 Å². The third-order valence-electron chi connectivity index (χ3n) is 3.83. The van der Waals surface area contributed by atoms with Crippen LogP contribution in [0.1, 0.15) is 44.1 Å². The Bertz CT molecular complexity index is 586. The number of aryl methyl sites for hydroxylation is 1. The number of sulfone groups is 1. The van der Waals surface area contributed by atoms with Gasteiger partial charge in [-0.15, -0.1) is 0 Å². The SMILES string of the molecule is Cc1cc(CS(=O)(=O)C(C)C(=O)N2CCCCCC2)no1. The molecule has 1 saturated heterocycles. The van der Waals surface area contributed by atoms with Gasteiger partial charge < -0.3 is 9.42 Å². The minimum absolute atomic E-state index is 0.259. The molecular weight excluding hydrogens is 292 g/mol. The van der Waals surface area contributed by atoms with Gasteiger partial charge in [0.2, 0.25) is 5.91 Å². The fourth-order valence-corrected chi connectivity index (χ4v) is 3.77. The summed E-state index contributed by atoms with van der Waals surface area (Å²) in [5.41, 5.74) is 0.350. The molecule has 2 heterocycles. The highest BCUT2D eigenvalue weighted by atomic mass is 32.2. The Morgan fingerprint density at radius 1 is 1.33 bits per heavy atom. The topological polar surface area (TPSA) is 80.5 Å². The second-order valence-electron chi connectivity index (χ2n) is 5.62. The van der Waals surface area contributed by atoms with Gasteiger partial charge in [-0.05, 0) is 26.7 Å². The summed E-state index contributed by atoms with van der Waals surface area (Å²) in [6.07, 6.45) is 4.09. The van der Waals surface area contributed by atoms with Crippen LogP contribution >= 0.6 is 0 Å². The molecule has 0 radical (unpaired) electrons. The highest BCUT2D eigenvalue weighted by Crippen LogP contribution is 2.16. The number of likely N-dealkylation sites (tertiary alicyclic amines) is 1. The van der Waals surface area contributed by atoms with E-state index < -0.39 is 15.1 Å². The number of carbonyl (C=O) groups is 1. The molecule has 21 heavy (non-hydrogen) atoms. The molecule has 0 N–H and O–H groups in total. The molecule has 1 aliphatic heterocycles. The van der Waals surface area contributed by atoms with Gasteiger partial charge in [0, 0.05) is 19.2 Å². The van der Waals surface area contributed by atoms with E-state index in [-0.39, 0.29) is 11.7 Å². The summed E-state index contributed by atoms with van der Waals surface area (Å²) in [5.74, 6) is 0.00858. The summed E-state index contributed by atoms with van der Waals surface area (Å²) in [4.78, 5) is 14.1. The predicted octanol–water partition coefficient (Wildman–Crippen LogP) is 1.69. The van der Waals surface area contributed by atoms with E-state index in [2.05, 4.69) is 5.16 Å². The smallest absolute Gasteiger partial charge is 0.240 e. The lowest BCUT2D eigenvalue weighted by atomic mass is 10.2. The largest absolute Gasteiger partial charge is 0.361 e. The molecular formula is C14H22N2O4S. The molecule has 7 heteroatoms. The molecule has 1 atom stereocenters. The molecule has 0 saturated carbocycles. The minimum atomic E-state index is -3.57. The van der Waals surface area contributed by atoms with Crippen LogP contribution in [0, 0.1) is 6.92 Å². The third-order valence-corrected chi connectivity index (χ3v) is 5.81. The van der Waals surface area contributed by atoms with Gasteiger partial charge in [-0.25, -0.2) is 8.42 Å². The molecule has 0 aromatic carbocycles. The Labute approximate surface area is 125 Å². The van der Waals surface area contributed by atoms with Crippen LogP contribution in [0.25, 0.3) is 0 Å². The van der Waals surface area contributed by atoms with E-state index in [0.29, 0.717) is 24.5 Å². The Morgan fingerprint density at radius 3 is 2.48 bits per heavy atom. The molecule has 2 rings (SSSR count). The number of hydrogen-bond donors (Lipinski definition) is 0. The normalized spacial score (nSPS) is 18.3. The zero-order valence-electron chi connectivity index (χ0n) is 12.5. The minimum Gasteiger partial charge on any atom is -0.361 e. The Hall–Kier alpha value is -1.37. The summed E-state index contributed by atoms with van der Waals surface area (Å²) in [6, 6.07) is 1.58. The lowest BCUT2D eigenvalue weighted by molar-refractivity contribution is -0.130. The molecule has 1 amide bonds. The number of carbonyl (C=O) groups excluding carboxylic acids is 1. The van der Waals surface area contributed by atoms with Crippen LogP contribution in [0.15, 0.2) is 10.6 Å². The van der Waals surface area contributed by atoms with Crippen molar-refractivity contribution in [1.29, 1.82) is 0 Å². The van der Waals surface area contributed by atoms with Gasteiger partial charge >= 0.3 is 0 Å². The van der Waals surface area contributed by atoms with Crippen molar-refractivity contribution in [3.63, 3.8) is 0 Å². The van der Waals surface area contributed by atoms with E-state index in [1.165, 1.54) is 6.92 Å². The average Bonchev–Trinajstić information content (AvgIpc) is 2.69. The lowest BCUT2D eigenvalue weighted by Gasteiger charge is -2.23. The van der Waals surface area contributed by atoms with Gasteiger partial charge in [0.25, 0.3) is 0 Å².